The van der Waals surface area contributed by atoms with Crippen LogP contribution in [0.5, 0.6) is 17.2 Å². The average Bonchev–Trinajstić information content (AvgIpc) is 2.73. The summed E-state index contributed by atoms with van der Waals surface area (Å²) in [5, 5.41) is 9.11. The maximum Gasteiger partial charge on any atom is 0.417 e. The van der Waals surface area contributed by atoms with Crippen molar-refractivity contribution in [1.82, 2.24) is 0 Å². The lowest BCUT2D eigenvalue weighted by atomic mass is 9.99. The first kappa shape index (κ1) is 23.1. The molecule has 0 aromatic heterocycles. The van der Waals surface area contributed by atoms with Crippen LogP contribution in [0, 0.1) is 0 Å². The van der Waals surface area contributed by atoms with Crippen LogP contribution in [0.15, 0.2) is 66.7 Å². The van der Waals surface area contributed by atoms with Gasteiger partial charge in [-0.25, -0.2) is 0 Å². The molecule has 3 rings (SSSR count). The first-order chi connectivity index (χ1) is 15.3. The Morgan fingerprint density at radius 2 is 1.66 bits per heavy atom. The quantitative estimate of drug-likeness (QED) is 0.420. The van der Waals surface area contributed by atoms with Gasteiger partial charge in [0.15, 0.2) is 0 Å². The molecular formula is C24H21F3O5. The molecule has 168 valence electrons. The Kier molecular flexibility index (Phi) is 7.37. The van der Waals surface area contributed by atoms with Gasteiger partial charge >= 0.3 is 12.1 Å². The molecule has 0 atom stereocenters. The highest BCUT2D eigenvalue weighted by Crippen LogP contribution is 2.38. The monoisotopic (exact) mass is 446 g/mol. The summed E-state index contributed by atoms with van der Waals surface area (Å²) < 4.78 is 56.6. The second kappa shape index (κ2) is 10.2. The SMILES string of the molecule is COCCOc1cc(CC(=O)O)cc(Oc2cccc(-c3ccccc3C(F)(F)F)c2)c1. The van der Waals surface area contributed by atoms with E-state index in [4.69, 9.17) is 19.3 Å². The molecule has 0 saturated heterocycles. The van der Waals surface area contributed by atoms with Gasteiger partial charge in [-0.2, -0.15) is 13.2 Å². The molecule has 0 radical (unpaired) electrons. The molecule has 0 fully saturated rings. The Morgan fingerprint density at radius 1 is 0.906 bits per heavy atom. The van der Waals surface area contributed by atoms with E-state index in [1.807, 2.05) is 0 Å². The Balaban J connectivity index is 1.91. The van der Waals surface area contributed by atoms with Gasteiger partial charge in [-0.3, -0.25) is 4.79 Å². The van der Waals surface area contributed by atoms with E-state index in [-0.39, 0.29) is 18.6 Å². The van der Waals surface area contributed by atoms with E-state index in [0.29, 0.717) is 35.0 Å². The van der Waals surface area contributed by atoms with Gasteiger partial charge in [-0.05, 0) is 47.0 Å². The van der Waals surface area contributed by atoms with Crippen LogP contribution in [0.3, 0.4) is 0 Å². The zero-order valence-corrected chi connectivity index (χ0v) is 17.2. The third-order valence-electron chi connectivity index (χ3n) is 4.46. The van der Waals surface area contributed by atoms with Gasteiger partial charge in [-0.15, -0.1) is 0 Å². The third kappa shape index (κ3) is 6.24. The van der Waals surface area contributed by atoms with Gasteiger partial charge in [0.2, 0.25) is 0 Å². The fourth-order valence-corrected chi connectivity index (χ4v) is 3.14. The standard InChI is InChI=1S/C24H21F3O5/c1-30-9-10-31-19-11-16(13-23(28)29)12-20(15-19)32-18-6-4-5-17(14-18)21-7-2-3-8-22(21)24(25,26)27/h2-8,11-12,14-15H,9-10,13H2,1H3,(H,28,29). The number of hydrogen-bond donors (Lipinski definition) is 1. The van der Waals surface area contributed by atoms with Gasteiger partial charge in [0.05, 0.1) is 18.6 Å². The maximum atomic E-state index is 13.4. The molecule has 0 aliphatic rings. The average molecular weight is 446 g/mol. The highest BCUT2D eigenvalue weighted by atomic mass is 19.4. The third-order valence-corrected chi connectivity index (χ3v) is 4.46. The number of benzene rings is 3. The maximum absolute atomic E-state index is 13.4. The normalized spacial score (nSPS) is 11.2. The highest BCUT2D eigenvalue weighted by molar-refractivity contribution is 5.71. The number of rotatable bonds is 9. The van der Waals surface area contributed by atoms with E-state index in [1.54, 1.807) is 36.4 Å². The van der Waals surface area contributed by atoms with Crippen molar-refractivity contribution in [2.24, 2.45) is 0 Å². The molecule has 0 aliphatic carbocycles. The molecule has 5 nitrogen and oxygen atoms in total. The summed E-state index contributed by atoms with van der Waals surface area (Å²) in [6.07, 6.45) is -4.73. The number of methoxy groups -OCH3 is 1. The van der Waals surface area contributed by atoms with Gasteiger partial charge in [-0.1, -0.05) is 30.3 Å². The van der Waals surface area contributed by atoms with Crippen molar-refractivity contribution < 1.29 is 37.3 Å². The number of aliphatic carboxylic acids is 1. The van der Waals surface area contributed by atoms with Crippen molar-refractivity contribution in [3.05, 3.63) is 77.9 Å². The number of carboxylic acids is 1. The largest absolute Gasteiger partial charge is 0.491 e. The van der Waals surface area contributed by atoms with Gasteiger partial charge in [0.1, 0.15) is 23.9 Å². The number of alkyl halides is 3. The molecule has 0 unspecified atom stereocenters. The predicted molar refractivity (Wildman–Crippen MR) is 112 cm³/mol. The minimum atomic E-state index is -4.49. The molecule has 1 N–H and O–H groups in total. The van der Waals surface area contributed by atoms with Crippen molar-refractivity contribution in [3.8, 4) is 28.4 Å². The van der Waals surface area contributed by atoms with Crippen molar-refractivity contribution in [3.63, 3.8) is 0 Å². The molecule has 3 aromatic rings. The molecule has 0 bridgehead atoms. The molecule has 0 saturated carbocycles. The molecule has 8 heteroatoms. The summed E-state index contributed by atoms with van der Waals surface area (Å²) in [5.41, 5.74) is 0.0952. The Hall–Kier alpha value is -3.52. The smallest absolute Gasteiger partial charge is 0.417 e. The van der Waals surface area contributed by atoms with Crippen LogP contribution in [0.2, 0.25) is 0 Å². The van der Waals surface area contributed by atoms with E-state index in [2.05, 4.69) is 0 Å². The van der Waals surface area contributed by atoms with Gasteiger partial charge in [0, 0.05) is 13.2 Å². The Bertz CT molecular complexity index is 1080. The first-order valence-corrected chi connectivity index (χ1v) is 9.68. The summed E-state index contributed by atoms with van der Waals surface area (Å²) >= 11 is 0. The zero-order chi connectivity index (χ0) is 23.1. The number of carbonyl (C=O) groups is 1. The summed E-state index contributed by atoms with van der Waals surface area (Å²) in [4.78, 5) is 11.1. The molecule has 0 spiro atoms. The zero-order valence-electron chi connectivity index (χ0n) is 17.2. The summed E-state index contributed by atoms with van der Waals surface area (Å²) in [5.74, 6) is -0.0164. The van der Waals surface area contributed by atoms with Crippen LogP contribution >= 0.6 is 0 Å². The number of hydrogen-bond acceptors (Lipinski definition) is 4. The number of carboxylic acid groups (broad SMARTS) is 1. The topological polar surface area (TPSA) is 65.0 Å². The first-order valence-electron chi connectivity index (χ1n) is 9.68. The Morgan fingerprint density at radius 3 is 2.38 bits per heavy atom. The molecule has 0 heterocycles. The fourth-order valence-electron chi connectivity index (χ4n) is 3.14. The Labute approximate surface area is 183 Å². The van der Waals surface area contributed by atoms with Crippen LogP contribution in [-0.2, 0) is 22.1 Å². The van der Waals surface area contributed by atoms with Crippen molar-refractivity contribution in [1.29, 1.82) is 0 Å². The second-order valence-corrected chi connectivity index (χ2v) is 6.90. The van der Waals surface area contributed by atoms with Crippen LogP contribution in [0.4, 0.5) is 13.2 Å². The van der Waals surface area contributed by atoms with E-state index in [1.165, 1.54) is 31.4 Å². The van der Waals surface area contributed by atoms with Crippen molar-refractivity contribution in [2.75, 3.05) is 20.3 Å². The minimum absolute atomic E-state index is 0.0358. The van der Waals surface area contributed by atoms with Gasteiger partial charge < -0.3 is 19.3 Å². The van der Waals surface area contributed by atoms with E-state index in [0.717, 1.165) is 6.07 Å². The molecule has 0 amide bonds. The van der Waals surface area contributed by atoms with Crippen molar-refractivity contribution >= 4 is 5.97 Å². The number of halogens is 3. The van der Waals surface area contributed by atoms with Crippen LogP contribution in [0.1, 0.15) is 11.1 Å². The molecular weight excluding hydrogens is 425 g/mol. The van der Waals surface area contributed by atoms with Crippen LogP contribution in [0.25, 0.3) is 11.1 Å². The molecule has 0 aliphatic heterocycles. The van der Waals surface area contributed by atoms with E-state index >= 15 is 0 Å². The summed E-state index contributed by atoms with van der Waals surface area (Å²) in [6, 6.07) is 16.3. The fraction of sp³-hybridized carbons (Fsp3) is 0.208. The lowest BCUT2D eigenvalue weighted by Crippen LogP contribution is -2.06. The van der Waals surface area contributed by atoms with E-state index in [9.17, 15) is 18.0 Å². The second-order valence-electron chi connectivity index (χ2n) is 6.90. The lowest BCUT2D eigenvalue weighted by molar-refractivity contribution is -0.137. The van der Waals surface area contributed by atoms with E-state index < -0.39 is 17.7 Å². The lowest BCUT2D eigenvalue weighted by Gasteiger charge is -2.14. The van der Waals surface area contributed by atoms with Crippen molar-refractivity contribution in [2.45, 2.75) is 12.6 Å². The predicted octanol–water partition coefficient (Wildman–Crippen LogP) is 5.82. The summed E-state index contributed by atoms with van der Waals surface area (Å²) in [7, 11) is 1.53. The van der Waals surface area contributed by atoms with Crippen LogP contribution in [-0.4, -0.2) is 31.4 Å². The summed E-state index contributed by atoms with van der Waals surface area (Å²) in [6.45, 7) is 0.607. The van der Waals surface area contributed by atoms with Crippen LogP contribution < -0.4 is 9.47 Å². The minimum Gasteiger partial charge on any atom is -0.491 e. The van der Waals surface area contributed by atoms with Gasteiger partial charge in [0.25, 0.3) is 0 Å². The molecule has 32 heavy (non-hydrogen) atoms. The number of ether oxygens (including phenoxy) is 3. The molecule has 3 aromatic carbocycles. The highest BCUT2D eigenvalue weighted by Gasteiger charge is 2.33.